The third-order valence-electron chi connectivity index (χ3n) is 5.61. The number of imidazole rings is 1. The molecule has 0 spiro atoms. The van der Waals surface area contributed by atoms with Gasteiger partial charge in [0.05, 0.1) is 0 Å². The number of nitrogens with one attached hydrogen (secondary N) is 2. The Balaban J connectivity index is 0.00000261. The first-order valence-electron chi connectivity index (χ1n) is 9.55. The number of guanidine groups is 1. The molecule has 1 fully saturated rings. The van der Waals surface area contributed by atoms with Crippen LogP contribution in [0, 0.1) is 12.3 Å². The highest BCUT2D eigenvalue weighted by molar-refractivity contribution is 14.0. The van der Waals surface area contributed by atoms with Crippen molar-refractivity contribution in [2.75, 3.05) is 13.6 Å². The molecule has 0 radical (unpaired) electrons. The maximum atomic E-state index is 4.54. The molecule has 0 amide bonds. The molecule has 2 N–H and O–H groups in total. The largest absolute Gasteiger partial charge is 0.356 e. The fourth-order valence-corrected chi connectivity index (χ4v) is 3.74. The van der Waals surface area contributed by atoms with E-state index in [1.54, 1.807) is 6.20 Å². The van der Waals surface area contributed by atoms with E-state index in [4.69, 9.17) is 0 Å². The lowest BCUT2D eigenvalue weighted by atomic mass is 9.83. The summed E-state index contributed by atoms with van der Waals surface area (Å²) in [6, 6.07) is 4.11. The van der Waals surface area contributed by atoms with Crippen LogP contribution in [0.1, 0.15) is 50.4 Å². The molecular formula is C20H31IN6. The first-order valence-corrected chi connectivity index (χ1v) is 9.55. The Morgan fingerprint density at radius 1 is 1.22 bits per heavy atom. The first-order chi connectivity index (χ1) is 12.7. The Kier molecular flexibility index (Phi) is 8.07. The van der Waals surface area contributed by atoms with Gasteiger partial charge in [0.1, 0.15) is 11.6 Å². The minimum atomic E-state index is 0. The van der Waals surface area contributed by atoms with E-state index in [2.05, 4.69) is 38.6 Å². The van der Waals surface area contributed by atoms with Gasteiger partial charge in [0.25, 0.3) is 0 Å². The van der Waals surface area contributed by atoms with Crippen LogP contribution in [0.3, 0.4) is 0 Å². The van der Waals surface area contributed by atoms with Gasteiger partial charge in [-0.2, -0.15) is 0 Å². The average Bonchev–Trinajstić information content (AvgIpc) is 3.32. The Morgan fingerprint density at radius 3 is 2.56 bits per heavy atom. The number of hydrogen-bond acceptors (Lipinski definition) is 3. The molecule has 2 aromatic rings. The maximum absolute atomic E-state index is 4.54. The van der Waals surface area contributed by atoms with Crippen molar-refractivity contribution in [3.63, 3.8) is 0 Å². The molecule has 0 aromatic carbocycles. The molecule has 1 aliphatic carbocycles. The Hall–Kier alpha value is -1.64. The minimum absolute atomic E-state index is 0. The SMILES string of the molecule is CCC1(CNC(=NC)NCc2ccc(-n3ccnc3C)nc2)CCCC1.I. The smallest absolute Gasteiger partial charge is 0.191 e. The summed E-state index contributed by atoms with van der Waals surface area (Å²) < 4.78 is 1.98. The van der Waals surface area contributed by atoms with Crippen molar-refractivity contribution >= 4 is 29.9 Å². The summed E-state index contributed by atoms with van der Waals surface area (Å²) >= 11 is 0. The second-order valence-corrected chi connectivity index (χ2v) is 7.21. The summed E-state index contributed by atoms with van der Waals surface area (Å²) in [5, 5.41) is 6.92. The van der Waals surface area contributed by atoms with Crippen molar-refractivity contribution in [3.8, 4) is 5.82 Å². The van der Waals surface area contributed by atoms with Gasteiger partial charge >= 0.3 is 0 Å². The summed E-state index contributed by atoms with van der Waals surface area (Å²) in [6.45, 7) is 5.98. The molecule has 0 atom stereocenters. The lowest BCUT2D eigenvalue weighted by Gasteiger charge is -2.28. The molecule has 148 valence electrons. The Morgan fingerprint density at radius 2 is 2.00 bits per heavy atom. The normalized spacial score (nSPS) is 16.0. The quantitative estimate of drug-likeness (QED) is 0.373. The summed E-state index contributed by atoms with van der Waals surface area (Å²) in [4.78, 5) is 13.1. The summed E-state index contributed by atoms with van der Waals surface area (Å²) in [6.07, 6.45) is 12.2. The Labute approximate surface area is 179 Å². The number of aromatic nitrogens is 3. The minimum Gasteiger partial charge on any atom is -0.356 e. The van der Waals surface area contributed by atoms with Gasteiger partial charge < -0.3 is 10.6 Å². The van der Waals surface area contributed by atoms with Crippen LogP contribution >= 0.6 is 24.0 Å². The van der Waals surface area contributed by atoms with E-state index in [1.165, 1.54) is 32.1 Å². The van der Waals surface area contributed by atoms with Crippen LogP contribution in [0.5, 0.6) is 0 Å². The molecule has 0 bridgehead atoms. The van der Waals surface area contributed by atoms with Gasteiger partial charge in [0, 0.05) is 38.7 Å². The van der Waals surface area contributed by atoms with E-state index >= 15 is 0 Å². The first kappa shape index (κ1) is 21.7. The molecule has 6 nitrogen and oxygen atoms in total. The molecule has 0 unspecified atom stereocenters. The summed E-state index contributed by atoms with van der Waals surface area (Å²) in [7, 11) is 1.83. The van der Waals surface area contributed by atoms with Crippen LogP contribution in [0.25, 0.3) is 5.82 Å². The van der Waals surface area contributed by atoms with Gasteiger partial charge in [-0.15, -0.1) is 24.0 Å². The van der Waals surface area contributed by atoms with Gasteiger partial charge in [-0.3, -0.25) is 9.56 Å². The van der Waals surface area contributed by atoms with Gasteiger partial charge in [-0.05, 0) is 43.2 Å². The molecule has 0 aliphatic heterocycles. The number of aliphatic imine (C=N–C) groups is 1. The third-order valence-corrected chi connectivity index (χ3v) is 5.61. The van der Waals surface area contributed by atoms with E-state index in [-0.39, 0.29) is 24.0 Å². The zero-order valence-corrected chi connectivity index (χ0v) is 18.9. The van der Waals surface area contributed by atoms with Gasteiger partial charge in [0.2, 0.25) is 0 Å². The molecule has 1 saturated carbocycles. The highest BCUT2D eigenvalue weighted by Crippen LogP contribution is 2.40. The van der Waals surface area contributed by atoms with E-state index in [9.17, 15) is 0 Å². The molecule has 27 heavy (non-hydrogen) atoms. The van der Waals surface area contributed by atoms with E-state index in [1.807, 2.05) is 37.0 Å². The van der Waals surface area contributed by atoms with Crippen molar-refractivity contribution in [2.24, 2.45) is 10.4 Å². The van der Waals surface area contributed by atoms with Crippen molar-refractivity contribution in [2.45, 2.75) is 52.5 Å². The van der Waals surface area contributed by atoms with E-state index < -0.39 is 0 Å². The second kappa shape index (κ2) is 10.1. The topological polar surface area (TPSA) is 67.1 Å². The Bertz CT molecular complexity index is 731. The molecule has 3 rings (SSSR count). The van der Waals surface area contributed by atoms with Crippen molar-refractivity contribution < 1.29 is 0 Å². The van der Waals surface area contributed by atoms with Crippen LogP contribution in [-0.2, 0) is 6.54 Å². The van der Waals surface area contributed by atoms with Crippen molar-refractivity contribution in [3.05, 3.63) is 42.1 Å². The summed E-state index contributed by atoms with van der Waals surface area (Å²) in [5.74, 6) is 2.68. The zero-order chi connectivity index (χ0) is 18.4. The predicted octanol–water partition coefficient (Wildman–Crippen LogP) is 3.83. The fourth-order valence-electron chi connectivity index (χ4n) is 3.74. The number of aryl methyl sites for hydroxylation is 1. The molecule has 2 heterocycles. The standard InChI is InChI=1S/C20H30N6.HI/c1-4-20(9-5-6-10-20)15-25-19(21-3)24-14-17-7-8-18(23-13-17)26-12-11-22-16(26)2;/h7-8,11-13H,4-6,9-10,14-15H2,1-3H3,(H2,21,24,25);1H. The number of pyridine rings is 1. The number of hydrogen-bond donors (Lipinski definition) is 2. The van der Waals surface area contributed by atoms with Crippen LogP contribution in [0.4, 0.5) is 0 Å². The van der Waals surface area contributed by atoms with Gasteiger partial charge in [-0.25, -0.2) is 9.97 Å². The van der Waals surface area contributed by atoms with E-state index in [0.717, 1.165) is 29.7 Å². The molecular weight excluding hydrogens is 451 g/mol. The summed E-state index contributed by atoms with van der Waals surface area (Å²) in [5.41, 5.74) is 1.57. The number of halogens is 1. The third kappa shape index (κ3) is 5.43. The monoisotopic (exact) mass is 482 g/mol. The molecule has 7 heteroatoms. The second-order valence-electron chi connectivity index (χ2n) is 7.21. The average molecular weight is 482 g/mol. The molecule has 0 saturated heterocycles. The van der Waals surface area contributed by atoms with E-state index in [0.29, 0.717) is 12.0 Å². The van der Waals surface area contributed by atoms with Gasteiger partial charge in [-0.1, -0.05) is 25.8 Å². The highest BCUT2D eigenvalue weighted by Gasteiger charge is 2.31. The zero-order valence-electron chi connectivity index (χ0n) is 16.5. The molecule has 1 aliphatic rings. The number of rotatable bonds is 6. The lowest BCUT2D eigenvalue weighted by molar-refractivity contribution is 0.283. The van der Waals surface area contributed by atoms with Crippen LogP contribution in [0.2, 0.25) is 0 Å². The lowest BCUT2D eigenvalue weighted by Crippen LogP contribution is -2.42. The highest BCUT2D eigenvalue weighted by atomic mass is 127. The van der Waals surface area contributed by atoms with Crippen LogP contribution in [0.15, 0.2) is 35.7 Å². The number of nitrogens with zero attached hydrogens (tertiary/aromatic N) is 4. The fraction of sp³-hybridized carbons (Fsp3) is 0.550. The van der Waals surface area contributed by atoms with Crippen LogP contribution < -0.4 is 10.6 Å². The predicted molar refractivity (Wildman–Crippen MR) is 121 cm³/mol. The van der Waals surface area contributed by atoms with Crippen LogP contribution in [-0.4, -0.2) is 34.1 Å². The van der Waals surface area contributed by atoms with Crippen molar-refractivity contribution in [1.29, 1.82) is 0 Å². The van der Waals surface area contributed by atoms with Gasteiger partial charge in [0.15, 0.2) is 5.96 Å². The maximum Gasteiger partial charge on any atom is 0.191 e. The molecule has 2 aromatic heterocycles. The van der Waals surface area contributed by atoms with Crippen molar-refractivity contribution in [1.82, 2.24) is 25.2 Å².